The Morgan fingerprint density at radius 2 is 1.96 bits per heavy atom. The van der Waals surface area contributed by atoms with Crippen molar-refractivity contribution in [1.82, 2.24) is 9.62 Å². The smallest absolute Gasteiger partial charge is 0.220 e. The van der Waals surface area contributed by atoms with Gasteiger partial charge < -0.3 is 10.1 Å². The van der Waals surface area contributed by atoms with Crippen LogP contribution in [0.2, 0.25) is 0 Å². The molecule has 24 heavy (non-hydrogen) atoms. The number of rotatable bonds is 5. The third kappa shape index (κ3) is 4.34. The van der Waals surface area contributed by atoms with Gasteiger partial charge in [0.2, 0.25) is 15.9 Å². The maximum Gasteiger partial charge on any atom is 0.220 e. The summed E-state index contributed by atoms with van der Waals surface area (Å²) in [6, 6.07) is 8.33. The number of amides is 1. The van der Waals surface area contributed by atoms with Gasteiger partial charge in [-0.1, -0.05) is 24.3 Å². The highest BCUT2D eigenvalue weighted by atomic mass is 32.2. The summed E-state index contributed by atoms with van der Waals surface area (Å²) in [5.74, 6) is 0.357. The van der Waals surface area contributed by atoms with Crippen LogP contribution in [-0.2, 0) is 32.4 Å². The van der Waals surface area contributed by atoms with Gasteiger partial charge in [-0.05, 0) is 29.9 Å². The van der Waals surface area contributed by atoms with Gasteiger partial charge in [-0.25, -0.2) is 8.42 Å². The van der Waals surface area contributed by atoms with E-state index in [1.165, 1.54) is 21.7 Å². The van der Waals surface area contributed by atoms with Crippen LogP contribution in [0.5, 0.6) is 0 Å². The predicted octanol–water partition coefficient (Wildman–Crippen LogP) is 0.568. The first-order valence-corrected chi connectivity index (χ1v) is 10.2. The average Bonchev–Trinajstić information content (AvgIpc) is 2.94. The molecule has 1 amide bonds. The number of benzene rings is 1. The molecule has 1 atom stereocenters. The molecule has 1 N–H and O–H groups in total. The molecule has 0 unspecified atom stereocenters. The SMILES string of the molecule is CS(=O)(=O)N1CCO[C@@H](CNC(=O)CC2Cc3ccccc3C2)C1. The maximum absolute atomic E-state index is 12.2. The Morgan fingerprint density at radius 1 is 1.29 bits per heavy atom. The molecule has 0 bridgehead atoms. The maximum atomic E-state index is 12.2. The molecule has 1 aromatic carbocycles. The van der Waals surface area contributed by atoms with Crippen LogP contribution < -0.4 is 5.32 Å². The lowest BCUT2D eigenvalue weighted by Crippen LogP contribution is -2.49. The number of ether oxygens (including phenoxy) is 1. The van der Waals surface area contributed by atoms with E-state index in [9.17, 15) is 13.2 Å². The topological polar surface area (TPSA) is 75.7 Å². The van der Waals surface area contributed by atoms with Crippen LogP contribution in [0.4, 0.5) is 0 Å². The Bertz CT molecular complexity index is 679. The Balaban J connectivity index is 1.43. The lowest BCUT2D eigenvalue weighted by molar-refractivity contribution is -0.122. The minimum atomic E-state index is -3.21. The van der Waals surface area contributed by atoms with Gasteiger partial charge in [0.25, 0.3) is 0 Å². The molecule has 6 nitrogen and oxygen atoms in total. The third-order valence-corrected chi connectivity index (χ3v) is 5.98. The van der Waals surface area contributed by atoms with E-state index in [1.54, 1.807) is 0 Å². The number of nitrogens with one attached hydrogen (secondary N) is 1. The quantitative estimate of drug-likeness (QED) is 0.841. The molecule has 1 aromatic rings. The van der Waals surface area contributed by atoms with Gasteiger partial charge in [-0.2, -0.15) is 4.31 Å². The Hall–Kier alpha value is -1.44. The molecule has 1 heterocycles. The van der Waals surface area contributed by atoms with E-state index in [4.69, 9.17) is 4.74 Å². The van der Waals surface area contributed by atoms with Crippen molar-refractivity contribution >= 4 is 15.9 Å². The second-order valence-corrected chi connectivity index (χ2v) is 8.65. The van der Waals surface area contributed by atoms with Gasteiger partial charge >= 0.3 is 0 Å². The number of carbonyl (C=O) groups is 1. The molecule has 0 spiro atoms. The normalized spacial score (nSPS) is 22.3. The first kappa shape index (κ1) is 17.4. The number of carbonyl (C=O) groups excluding carboxylic acids is 1. The number of hydrogen-bond donors (Lipinski definition) is 1. The molecule has 132 valence electrons. The number of hydrogen-bond acceptors (Lipinski definition) is 4. The first-order valence-electron chi connectivity index (χ1n) is 8.32. The molecular formula is C17H24N2O4S. The Labute approximate surface area is 143 Å². The van der Waals surface area contributed by atoms with E-state index in [1.807, 2.05) is 12.1 Å². The monoisotopic (exact) mass is 352 g/mol. The van der Waals surface area contributed by atoms with Gasteiger partial charge in [0.15, 0.2) is 0 Å². The second kappa shape index (κ2) is 7.21. The molecule has 0 aromatic heterocycles. The van der Waals surface area contributed by atoms with E-state index < -0.39 is 10.0 Å². The molecule has 1 aliphatic carbocycles. The second-order valence-electron chi connectivity index (χ2n) is 6.66. The van der Waals surface area contributed by atoms with Crippen molar-refractivity contribution in [3.05, 3.63) is 35.4 Å². The zero-order chi connectivity index (χ0) is 17.2. The van der Waals surface area contributed by atoms with Crippen molar-refractivity contribution in [2.24, 2.45) is 5.92 Å². The Kier molecular flexibility index (Phi) is 5.22. The molecule has 1 aliphatic heterocycles. The summed E-state index contributed by atoms with van der Waals surface area (Å²) in [5.41, 5.74) is 2.68. The molecule has 7 heteroatoms. The number of morpholine rings is 1. The number of fused-ring (bicyclic) bond motifs is 1. The van der Waals surface area contributed by atoms with Crippen molar-refractivity contribution in [3.8, 4) is 0 Å². The lowest BCUT2D eigenvalue weighted by atomic mass is 10.0. The van der Waals surface area contributed by atoms with Gasteiger partial charge in [0, 0.05) is 26.1 Å². The van der Waals surface area contributed by atoms with Gasteiger partial charge in [-0.15, -0.1) is 0 Å². The predicted molar refractivity (Wildman–Crippen MR) is 91.1 cm³/mol. The molecule has 3 rings (SSSR count). The molecule has 0 radical (unpaired) electrons. The highest BCUT2D eigenvalue weighted by Crippen LogP contribution is 2.28. The summed E-state index contributed by atoms with van der Waals surface area (Å²) in [7, 11) is -3.21. The zero-order valence-corrected chi connectivity index (χ0v) is 14.7. The summed E-state index contributed by atoms with van der Waals surface area (Å²) in [6.07, 6.45) is 3.32. The van der Waals surface area contributed by atoms with Crippen LogP contribution in [0.3, 0.4) is 0 Å². The number of nitrogens with zero attached hydrogens (tertiary/aromatic N) is 1. The summed E-state index contributed by atoms with van der Waals surface area (Å²) in [5, 5.41) is 2.89. The van der Waals surface area contributed by atoms with Crippen LogP contribution in [0.25, 0.3) is 0 Å². The van der Waals surface area contributed by atoms with Crippen LogP contribution in [-0.4, -0.2) is 57.2 Å². The van der Waals surface area contributed by atoms with Crippen LogP contribution in [0.1, 0.15) is 17.5 Å². The highest BCUT2D eigenvalue weighted by Gasteiger charge is 2.27. The molecular weight excluding hydrogens is 328 g/mol. The zero-order valence-electron chi connectivity index (χ0n) is 13.9. The fourth-order valence-corrected chi connectivity index (χ4v) is 4.32. The van der Waals surface area contributed by atoms with Crippen molar-refractivity contribution in [3.63, 3.8) is 0 Å². The fraction of sp³-hybridized carbons (Fsp3) is 0.588. The van der Waals surface area contributed by atoms with Gasteiger partial charge in [0.1, 0.15) is 0 Å². The largest absolute Gasteiger partial charge is 0.374 e. The minimum absolute atomic E-state index is 0.00730. The molecule has 2 aliphatic rings. The minimum Gasteiger partial charge on any atom is -0.374 e. The van der Waals surface area contributed by atoms with Crippen LogP contribution in [0.15, 0.2) is 24.3 Å². The first-order chi connectivity index (χ1) is 11.4. The van der Waals surface area contributed by atoms with Crippen LogP contribution in [0, 0.1) is 5.92 Å². The van der Waals surface area contributed by atoms with Crippen molar-refractivity contribution < 1.29 is 17.9 Å². The molecule has 1 fully saturated rings. The summed E-state index contributed by atoms with van der Waals surface area (Å²) in [6.45, 7) is 1.40. The van der Waals surface area contributed by atoms with Crippen LogP contribution >= 0.6 is 0 Å². The molecule has 0 saturated carbocycles. The van der Waals surface area contributed by atoms with Gasteiger partial charge in [-0.3, -0.25) is 4.79 Å². The summed E-state index contributed by atoms with van der Waals surface area (Å²) in [4.78, 5) is 12.2. The lowest BCUT2D eigenvalue weighted by Gasteiger charge is -2.31. The van der Waals surface area contributed by atoms with E-state index in [2.05, 4.69) is 17.4 Å². The van der Waals surface area contributed by atoms with E-state index in [-0.39, 0.29) is 12.0 Å². The number of sulfonamides is 1. The fourth-order valence-electron chi connectivity index (χ4n) is 3.47. The third-order valence-electron chi connectivity index (χ3n) is 4.71. The average molecular weight is 352 g/mol. The highest BCUT2D eigenvalue weighted by molar-refractivity contribution is 7.88. The van der Waals surface area contributed by atoms with E-state index >= 15 is 0 Å². The van der Waals surface area contributed by atoms with Crippen molar-refractivity contribution in [1.29, 1.82) is 0 Å². The summed E-state index contributed by atoms with van der Waals surface area (Å²) >= 11 is 0. The van der Waals surface area contributed by atoms with Crippen molar-refractivity contribution in [2.45, 2.75) is 25.4 Å². The molecule has 1 saturated heterocycles. The Morgan fingerprint density at radius 3 is 2.58 bits per heavy atom. The van der Waals surface area contributed by atoms with Gasteiger partial charge in [0.05, 0.1) is 19.0 Å². The summed E-state index contributed by atoms with van der Waals surface area (Å²) < 4.78 is 30.1. The van der Waals surface area contributed by atoms with Crippen molar-refractivity contribution in [2.75, 3.05) is 32.5 Å². The van der Waals surface area contributed by atoms with E-state index in [0.717, 1.165) is 12.8 Å². The standard InChI is InChI=1S/C17H24N2O4S/c1-24(21,22)19-6-7-23-16(12-19)11-18-17(20)10-13-8-14-4-2-3-5-15(14)9-13/h2-5,13,16H,6-12H2,1H3,(H,18,20)/t16-/m0/s1. The van der Waals surface area contributed by atoms with E-state index in [0.29, 0.717) is 38.6 Å².